The minimum absolute atomic E-state index is 0.0911. The Hall–Kier alpha value is -2.47. The van der Waals surface area contributed by atoms with Crippen molar-refractivity contribution >= 4 is 5.91 Å². The minimum Gasteiger partial charge on any atom is -0.345 e. The van der Waals surface area contributed by atoms with Gasteiger partial charge in [0.1, 0.15) is 6.04 Å². The molecule has 1 aromatic carbocycles. The van der Waals surface area contributed by atoms with E-state index >= 15 is 0 Å². The second kappa shape index (κ2) is 6.32. The maximum absolute atomic E-state index is 11.8. The van der Waals surface area contributed by atoms with Gasteiger partial charge in [0.15, 0.2) is 5.82 Å². The van der Waals surface area contributed by atoms with E-state index in [1.165, 1.54) is 0 Å². The van der Waals surface area contributed by atoms with Crippen LogP contribution in [0.4, 0.5) is 0 Å². The highest BCUT2D eigenvalue weighted by atomic mass is 16.5. The molecule has 6 heteroatoms. The molecule has 0 bridgehead atoms. The number of carbonyl (C=O) groups excluding carboxylic acids is 1. The smallest absolute Gasteiger partial charge is 0.246 e. The van der Waals surface area contributed by atoms with Gasteiger partial charge in [0.25, 0.3) is 0 Å². The maximum atomic E-state index is 11.8. The Kier molecular flexibility index (Phi) is 4.07. The van der Waals surface area contributed by atoms with Gasteiger partial charge in [-0.3, -0.25) is 10.1 Å². The highest BCUT2D eigenvalue weighted by Gasteiger charge is 2.17. The van der Waals surface area contributed by atoms with Gasteiger partial charge >= 0.3 is 0 Å². The molecule has 1 aromatic heterocycles. The van der Waals surface area contributed by atoms with E-state index in [2.05, 4.69) is 20.8 Å². The van der Waals surface area contributed by atoms with Gasteiger partial charge in [-0.2, -0.15) is 4.98 Å². The highest BCUT2D eigenvalue weighted by molar-refractivity contribution is 5.84. The second-order valence-electron chi connectivity index (χ2n) is 4.80. The average Bonchev–Trinajstić information content (AvgIpc) is 3.17. The number of carbonyl (C=O) groups is 1. The van der Waals surface area contributed by atoms with Gasteiger partial charge in [0.2, 0.25) is 11.8 Å². The first-order valence-corrected chi connectivity index (χ1v) is 6.84. The summed E-state index contributed by atoms with van der Waals surface area (Å²) < 4.78 is 5.14. The molecule has 3 rings (SSSR count). The van der Waals surface area contributed by atoms with Crippen LogP contribution in [0.1, 0.15) is 17.3 Å². The van der Waals surface area contributed by atoms with Crippen LogP contribution in [0.25, 0.3) is 0 Å². The van der Waals surface area contributed by atoms with Gasteiger partial charge in [0, 0.05) is 13.0 Å². The SMILES string of the molecule is O=C(NCc1nc(Cc2ccccc2)no1)C1C=CCN1. The lowest BCUT2D eigenvalue weighted by Gasteiger charge is -2.07. The lowest BCUT2D eigenvalue weighted by atomic mass is 10.1. The van der Waals surface area contributed by atoms with Crippen LogP contribution in [0, 0.1) is 0 Å². The van der Waals surface area contributed by atoms with Crippen LogP contribution in [0.3, 0.4) is 0 Å². The zero-order valence-electron chi connectivity index (χ0n) is 11.5. The third-order valence-electron chi connectivity index (χ3n) is 3.20. The summed E-state index contributed by atoms with van der Waals surface area (Å²) in [6, 6.07) is 9.66. The standard InChI is InChI=1S/C15H16N4O2/c20-15(12-7-4-8-16-12)17-10-14-18-13(19-21-14)9-11-5-2-1-3-6-11/h1-7,12,16H,8-10H2,(H,17,20). The quantitative estimate of drug-likeness (QED) is 0.794. The number of benzene rings is 1. The minimum atomic E-state index is -0.267. The summed E-state index contributed by atoms with van der Waals surface area (Å²) in [6.45, 7) is 0.965. The molecule has 0 fully saturated rings. The normalized spacial score (nSPS) is 17.0. The molecule has 21 heavy (non-hydrogen) atoms. The molecular weight excluding hydrogens is 268 g/mol. The molecule has 0 spiro atoms. The molecule has 1 unspecified atom stereocenters. The van der Waals surface area contributed by atoms with Crippen LogP contribution in [-0.4, -0.2) is 28.6 Å². The van der Waals surface area contributed by atoms with Gasteiger partial charge in [-0.25, -0.2) is 0 Å². The molecule has 108 valence electrons. The molecular formula is C15H16N4O2. The largest absolute Gasteiger partial charge is 0.345 e. The summed E-state index contributed by atoms with van der Waals surface area (Å²) in [4.78, 5) is 16.1. The Morgan fingerprint density at radius 1 is 1.38 bits per heavy atom. The molecule has 1 aliphatic rings. The zero-order chi connectivity index (χ0) is 14.5. The van der Waals surface area contributed by atoms with E-state index in [4.69, 9.17) is 4.52 Å². The first-order valence-electron chi connectivity index (χ1n) is 6.84. The van der Waals surface area contributed by atoms with Crippen molar-refractivity contribution < 1.29 is 9.32 Å². The fraction of sp³-hybridized carbons (Fsp3) is 0.267. The average molecular weight is 284 g/mol. The van der Waals surface area contributed by atoms with Crippen molar-refractivity contribution in [3.63, 3.8) is 0 Å². The number of rotatable bonds is 5. The van der Waals surface area contributed by atoms with Crippen LogP contribution < -0.4 is 10.6 Å². The van der Waals surface area contributed by atoms with E-state index in [-0.39, 0.29) is 18.5 Å². The Balaban J connectivity index is 1.53. The molecule has 1 atom stereocenters. The van der Waals surface area contributed by atoms with Crippen molar-refractivity contribution in [1.82, 2.24) is 20.8 Å². The Morgan fingerprint density at radius 3 is 3.00 bits per heavy atom. The molecule has 2 heterocycles. The van der Waals surface area contributed by atoms with Crippen LogP contribution in [0.5, 0.6) is 0 Å². The fourth-order valence-electron chi connectivity index (χ4n) is 2.13. The van der Waals surface area contributed by atoms with Crippen LogP contribution >= 0.6 is 0 Å². The molecule has 2 N–H and O–H groups in total. The summed E-state index contributed by atoms with van der Waals surface area (Å²) in [5.41, 5.74) is 1.12. The summed E-state index contributed by atoms with van der Waals surface area (Å²) in [5, 5.41) is 9.73. The van der Waals surface area contributed by atoms with Crippen molar-refractivity contribution in [3.8, 4) is 0 Å². The molecule has 0 radical (unpaired) electrons. The van der Waals surface area contributed by atoms with Crippen LogP contribution in [-0.2, 0) is 17.8 Å². The zero-order valence-corrected chi connectivity index (χ0v) is 11.5. The molecule has 0 aliphatic carbocycles. The van der Waals surface area contributed by atoms with Gasteiger partial charge in [0.05, 0.1) is 6.54 Å². The molecule has 6 nitrogen and oxygen atoms in total. The van der Waals surface area contributed by atoms with Crippen molar-refractivity contribution in [2.45, 2.75) is 19.0 Å². The third kappa shape index (κ3) is 3.55. The van der Waals surface area contributed by atoms with Gasteiger partial charge in [-0.1, -0.05) is 47.6 Å². The van der Waals surface area contributed by atoms with Crippen LogP contribution in [0.2, 0.25) is 0 Å². The summed E-state index contributed by atoms with van der Waals surface area (Å²) in [6.07, 6.45) is 4.38. The lowest BCUT2D eigenvalue weighted by Crippen LogP contribution is -2.40. The Labute approximate surface area is 122 Å². The Bertz CT molecular complexity index is 636. The van der Waals surface area contributed by atoms with Crippen molar-refractivity contribution in [1.29, 1.82) is 0 Å². The van der Waals surface area contributed by atoms with E-state index in [0.29, 0.717) is 18.1 Å². The summed E-state index contributed by atoms with van der Waals surface area (Å²) in [5.74, 6) is 0.937. The fourth-order valence-corrected chi connectivity index (χ4v) is 2.13. The summed E-state index contributed by atoms with van der Waals surface area (Å²) in [7, 11) is 0. The molecule has 1 amide bonds. The number of aromatic nitrogens is 2. The third-order valence-corrected chi connectivity index (χ3v) is 3.20. The van der Waals surface area contributed by atoms with Gasteiger partial charge in [-0.15, -0.1) is 0 Å². The van der Waals surface area contributed by atoms with Crippen LogP contribution in [0.15, 0.2) is 47.0 Å². The Morgan fingerprint density at radius 2 is 2.24 bits per heavy atom. The van der Waals surface area contributed by atoms with E-state index in [0.717, 1.165) is 12.1 Å². The number of nitrogens with zero attached hydrogens (tertiary/aromatic N) is 2. The van der Waals surface area contributed by atoms with Gasteiger partial charge < -0.3 is 9.84 Å². The summed E-state index contributed by atoms with van der Waals surface area (Å²) >= 11 is 0. The second-order valence-corrected chi connectivity index (χ2v) is 4.80. The lowest BCUT2D eigenvalue weighted by molar-refractivity contribution is -0.122. The highest BCUT2D eigenvalue weighted by Crippen LogP contribution is 2.06. The first kappa shape index (κ1) is 13.5. The van der Waals surface area contributed by atoms with Gasteiger partial charge in [-0.05, 0) is 5.56 Å². The molecule has 2 aromatic rings. The topological polar surface area (TPSA) is 80.1 Å². The number of amides is 1. The predicted octanol–water partition coefficient (Wildman–Crippen LogP) is 0.805. The predicted molar refractivity (Wildman–Crippen MR) is 76.3 cm³/mol. The number of hydrogen-bond donors (Lipinski definition) is 2. The molecule has 1 aliphatic heterocycles. The van der Waals surface area contributed by atoms with Crippen molar-refractivity contribution in [2.24, 2.45) is 0 Å². The van der Waals surface area contributed by atoms with E-state index in [9.17, 15) is 4.79 Å². The number of nitrogens with one attached hydrogen (secondary N) is 2. The van der Waals surface area contributed by atoms with E-state index < -0.39 is 0 Å². The number of hydrogen-bond acceptors (Lipinski definition) is 5. The molecule has 0 saturated heterocycles. The first-order chi connectivity index (χ1) is 10.3. The maximum Gasteiger partial charge on any atom is 0.246 e. The van der Waals surface area contributed by atoms with Crippen molar-refractivity contribution in [2.75, 3.05) is 6.54 Å². The van der Waals surface area contributed by atoms with Crippen molar-refractivity contribution in [3.05, 3.63) is 59.8 Å². The van der Waals surface area contributed by atoms with E-state index in [1.807, 2.05) is 42.5 Å². The van der Waals surface area contributed by atoms with E-state index in [1.54, 1.807) is 0 Å². The molecule has 0 saturated carbocycles. The monoisotopic (exact) mass is 284 g/mol.